The van der Waals surface area contributed by atoms with Crippen molar-refractivity contribution < 1.29 is 14.2 Å². The molecule has 1 aromatic heterocycles. The first kappa shape index (κ1) is 26.0. The summed E-state index contributed by atoms with van der Waals surface area (Å²) in [7, 11) is 0. The second-order valence-electron chi connectivity index (χ2n) is 10.9. The third-order valence-electron chi connectivity index (χ3n) is 7.96. The van der Waals surface area contributed by atoms with Crippen molar-refractivity contribution in [3.8, 4) is 68.7 Å². The molecule has 218 valence electrons. The molecule has 0 fully saturated rings. The average Bonchev–Trinajstić information content (AvgIpc) is 3.13. The van der Waals surface area contributed by atoms with Crippen molar-refractivity contribution in [3.63, 3.8) is 0 Å². The third kappa shape index (κ3) is 4.50. The van der Waals surface area contributed by atoms with Crippen molar-refractivity contribution in [1.82, 2.24) is 15.0 Å². The number of nitrogens with zero attached hydrogens (tertiary/aromatic N) is 4. The molecule has 7 nitrogen and oxygen atoms in total. The van der Waals surface area contributed by atoms with E-state index in [2.05, 4.69) is 4.90 Å². The maximum absolute atomic E-state index is 6.52. The van der Waals surface area contributed by atoms with E-state index < -0.39 is 0 Å². The summed E-state index contributed by atoms with van der Waals surface area (Å²) in [4.78, 5) is 16.7. The molecule has 0 amide bonds. The molecule has 0 N–H and O–H groups in total. The Morgan fingerprint density at radius 1 is 0.348 bits per heavy atom. The molecule has 2 aliphatic rings. The van der Waals surface area contributed by atoms with Gasteiger partial charge in [-0.3, -0.25) is 0 Å². The fourth-order valence-corrected chi connectivity index (χ4v) is 5.77. The zero-order valence-electron chi connectivity index (χ0n) is 24.4. The van der Waals surface area contributed by atoms with Crippen LogP contribution in [-0.2, 0) is 0 Å². The van der Waals surface area contributed by atoms with Crippen LogP contribution in [0.5, 0.6) is 34.5 Å². The molecule has 0 bridgehead atoms. The Bertz CT molecular complexity index is 2150. The van der Waals surface area contributed by atoms with E-state index in [4.69, 9.17) is 29.2 Å². The fraction of sp³-hybridized carbons (Fsp3) is 0. The average molecular weight is 597 g/mol. The van der Waals surface area contributed by atoms with Gasteiger partial charge in [-0.25, -0.2) is 15.0 Å². The lowest BCUT2D eigenvalue weighted by atomic mass is 10.1. The van der Waals surface area contributed by atoms with Crippen LogP contribution >= 0.6 is 0 Å². The summed E-state index contributed by atoms with van der Waals surface area (Å²) in [6.45, 7) is 0. The van der Waals surface area contributed by atoms with Gasteiger partial charge in [0, 0.05) is 22.8 Å². The van der Waals surface area contributed by atoms with E-state index in [-0.39, 0.29) is 0 Å². The maximum atomic E-state index is 6.52. The Morgan fingerprint density at radius 3 is 1.41 bits per heavy atom. The molecule has 9 rings (SSSR count). The number of aromatic nitrogens is 3. The van der Waals surface area contributed by atoms with E-state index in [1.54, 1.807) is 0 Å². The quantitative estimate of drug-likeness (QED) is 0.200. The SMILES string of the molecule is c1ccc(-c2nc(-c3ccccc3)nc(-c3ccc4c(c3)Oc3cc(N5c6ccccc6Oc6ccccc65)ccc3O4)n2)cc1. The fourth-order valence-electron chi connectivity index (χ4n) is 5.77. The summed E-state index contributed by atoms with van der Waals surface area (Å²) in [5.74, 6) is 5.74. The van der Waals surface area contributed by atoms with Crippen molar-refractivity contribution in [2.45, 2.75) is 0 Å². The Kier molecular flexibility index (Phi) is 5.99. The van der Waals surface area contributed by atoms with E-state index in [1.807, 2.05) is 146 Å². The van der Waals surface area contributed by atoms with Gasteiger partial charge in [-0.2, -0.15) is 0 Å². The molecule has 0 atom stereocenters. The molecule has 0 saturated heterocycles. The van der Waals surface area contributed by atoms with Crippen molar-refractivity contribution >= 4 is 17.1 Å². The first-order valence-corrected chi connectivity index (χ1v) is 14.9. The minimum atomic E-state index is 0.542. The van der Waals surface area contributed by atoms with Crippen molar-refractivity contribution in [1.29, 1.82) is 0 Å². The summed E-state index contributed by atoms with van der Waals surface area (Å²) < 4.78 is 19.0. The van der Waals surface area contributed by atoms with Gasteiger partial charge in [0.05, 0.1) is 17.1 Å². The Hall–Kier alpha value is -6.47. The van der Waals surface area contributed by atoms with Gasteiger partial charge >= 0.3 is 0 Å². The van der Waals surface area contributed by atoms with Crippen LogP contribution in [0.25, 0.3) is 34.2 Å². The predicted octanol–water partition coefficient (Wildman–Crippen LogP) is 10.3. The highest BCUT2D eigenvalue weighted by Gasteiger charge is 2.28. The van der Waals surface area contributed by atoms with Gasteiger partial charge in [-0.05, 0) is 54.6 Å². The third-order valence-corrected chi connectivity index (χ3v) is 7.96. The molecule has 0 spiro atoms. The molecule has 0 radical (unpaired) electrons. The van der Waals surface area contributed by atoms with Gasteiger partial charge in [-0.15, -0.1) is 0 Å². The maximum Gasteiger partial charge on any atom is 0.172 e. The molecule has 6 aromatic carbocycles. The van der Waals surface area contributed by atoms with E-state index in [0.29, 0.717) is 40.5 Å². The molecule has 7 heteroatoms. The van der Waals surface area contributed by atoms with Crippen LogP contribution in [0, 0.1) is 0 Å². The molecule has 0 aliphatic carbocycles. The zero-order valence-corrected chi connectivity index (χ0v) is 24.4. The van der Waals surface area contributed by atoms with Gasteiger partial charge in [0.1, 0.15) is 0 Å². The van der Waals surface area contributed by atoms with Crippen molar-refractivity contribution in [2.24, 2.45) is 0 Å². The number of fused-ring (bicyclic) bond motifs is 4. The standard InChI is InChI=1S/C39H24N4O3/c1-3-11-25(12-4-1)37-40-38(26-13-5-2-6-14-26)42-39(41-37)27-19-21-33-35(23-27)46-36-24-28(20-22-34(36)45-33)43-29-15-7-9-17-31(29)44-32-18-10-8-16-30(32)43/h1-24H. The largest absolute Gasteiger partial charge is 0.453 e. The van der Waals surface area contributed by atoms with Crippen molar-refractivity contribution in [3.05, 3.63) is 146 Å². The highest BCUT2D eigenvalue weighted by molar-refractivity contribution is 5.87. The van der Waals surface area contributed by atoms with Crippen LogP contribution in [0.3, 0.4) is 0 Å². The Balaban J connectivity index is 1.10. The topological polar surface area (TPSA) is 69.6 Å². The van der Waals surface area contributed by atoms with Crippen LogP contribution in [0.2, 0.25) is 0 Å². The summed E-state index contributed by atoms with van der Waals surface area (Å²) in [5, 5.41) is 0. The van der Waals surface area contributed by atoms with E-state index in [9.17, 15) is 0 Å². The highest BCUT2D eigenvalue weighted by Crippen LogP contribution is 2.53. The van der Waals surface area contributed by atoms with Crippen LogP contribution in [0.4, 0.5) is 17.1 Å². The highest BCUT2D eigenvalue weighted by atomic mass is 16.6. The monoisotopic (exact) mass is 596 g/mol. The second kappa shape index (κ2) is 10.6. The van der Waals surface area contributed by atoms with Gasteiger partial charge in [0.2, 0.25) is 0 Å². The number of rotatable bonds is 4. The molecule has 2 aliphatic heterocycles. The number of anilines is 3. The van der Waals surface area contributed by atoms with E-state index >= 15 is 0 Å². The van der Waals surface area contributed by atoms with Crippen LogP contribution in [0.15, 0.2) is 146 Å². The lowest BCUT2D eigenvalue weighted by Crippen LogP contribution is -2.15. The lowest BCUT2D eigenvalue weighted by molar-refractivity contribution is 0.360. The van der Waals surface area contributed by atoms with Crippen molar-refractivity contribution in [2.75, 3.05) is 4.90 Å². The van der Waals surface area contributed by atoms with Gasteiger partial charge in [0.25, 0.3) is 0 Å². The van der Waals surface area contributed by atoms with Crippen LogP contribution in [0.1, 0.15) is 0 Å². The molecule has 46 heavy (non-hydrogen) atoms. The molecule has 0 unspecified atom stereocenters. The van der Waals surface area contributed by atoms with Crippen LogP contribution in [-0.4, -0.2) is 15.0 Å². The molecule has 0 saturated carbocycles. The number of ether oxygens (including phenoxy) is 3. The molecular formula is C39H24N4O3. The number of hydrogen-bond acceptors (Lipinski definition) is 7. The lowest BCUT2D eigenvalue weighted by Gasteiger charge is -2.33. The minimum Gasteiger partial charge on any atom is -0.453 e. The first-order valence-electron chi connectivity index (χ1n) is 14.9. The minimum absolute atomic E-state index is 0.542. The number of benzene rings is 6. The van der Waals surface area contributed by atoms with Gasteiger partial charge in [0.15, 0.2) is 52.0 Å². The second-order valence-corrected chi connectivity index (χ2v) is 10.9. The Labute approximate surface area is 265 Å². The summed E-state index contributed by atoms with van der Waals surface area (Å²) >= 11 is 0. The smallest absolute Gasteiger partial charge is 0.172 e. The molecule has 7 aromatic rings. The molecule has 3 heterocycles. The van der Waals surface area contributed by atoms with Gasteiger partial charge < -0.3 is 19.1 Å². The summed E-state index contributed by atoms with van der Waals surface area (Å²) in [6.07, 6.45) is 0. The summed E-state index contributed by atoms with van der Waals surface area (Å²) in [6, 6.07) is 47.6. The van der Waals surface area contributed by atoms with E-state index in [0.717, 1.165) is 45.3 Å². The van der Waals surface area contributed by atoms with Crippen LogP contribution < -0.4 is 19.1 Å². The molecular weight excluding hydrogens is 572 g/mol. The van der Waals surface area contributed by atoms with Gasteiger partial charge in [-0.1, -0.05) is 84.9 Å². The number of hydrogen-bond donors (Lipinski definition) is 0. The Morgan fingerprint density at radius 2 is 0.804 bits per heavy atom. The zero-order chi connectivity index (χ0) is 30.5. The summed E-state index contributed by atoms with van der Waals surface area (Å²) in [5.41, 5.74) is 5.41. The normalized spacial score (nSPS) is 12.4. The first-order chi connectivity index (χ1) is 22.8. The van der Waals surface area contributed by atoms with E-state index in [1.165, 1.54) is 0 Å². The predicted molar refractivity (Wildman–Crippen MR) is 177 cm³/mol. The number of para-hydroxylation sites is 4.